The van der Waals surface area contributed by atoms with Crippen LogP contribution in [0, 0.1) is 0 Å². The van der Waals surface area contributed by atoms with Crippen LogP contribution >= 0.6 is 0 Å². The molecule has 1 aliphatic rings. The van der Waals surface area contributed by atoms with Gasteiger partial charge in [0, 0.05) is 5.69 Å². The maximum absolute atomic E-state index is 11.3. The molecule has 1 aliphatic heterocycles. The molecule has 8 heteroatoms. The summed E-state index contributed by atoms with van der Waals surface area (Å²) >= 11 is -1.07. The number of benzene rings is 1. The minimum Gasteiger partial charge on any atom is -0.612 e. The molecular weight excluding hydrogens is 326 g/mol. The largest absolute Gasteiger partial charge is 0.612 e. The van der Waals surface area contributed by atoms with E-state index in [1.807, 2.05) is 12.1 Å². The van der Waals surface area contributed by atoms with Gasteiger partial charge in [-0.1, -0.05) is 12.1 Å². The normalized spacial score (nSPS) is 17.9. The van der Waals surface area contributed by atoms with Crippen molar-refractivity contribution in [1.82, 2.24) is 9.97 Å². The molecule has 1 unspecified atom stereocenters. The standard InChI is InChI=1S/C16H19N5O2S/c1-24(22)14-8-18-16(19-9-14)21-12-5-2-11(3-6-12)4-7-13-10-23-15(17)20-13/h2-3,5-6,8-9,13H,4,7,10H2,1H3,(H2,17,20)(H,18,19,21)/t13-,24?/m0/s1. The van der Waals surface area contributed by atoms with E-state index in [0.717, 1.165) is 18.5 Å². The number of nitrogens with one attached hydrogen (secondary N) is 1. The second-order valence-corrected chi connectivity index (χ2v) is 6.87. The van der Waals surface area contributed by atoms with Crippen LogP contribution in [0.1, 0.15) is 12.0 Å². The van der Waals surface area contributed by atoms with Gasteiger partial charge in [0.15, 0.2) is 4.90 Å². The van der Waals surface area contributed by atoms with Crippen LogP contribution in [0.4, 0.5) is 11.6 Å². The fourth-order valence-corrected chi connectivity index (χ4v) is 2.73. The Morgan fingerprint density at radius 1 is 1.29 bits per heavy atom. The van der Waals surface area contributed by atoms with Gasteiger partial charge in [-0.2, -0.15) is 0 Å². The van der Waals surface area contributed by atoms with E-state index in [-0.39, 0.29) is 12.1 Å². The van der Waals surface area contributed by atoms with E-state index in [0.29, 0.717) is 17.5 Å². The molecular formula is C16H19N5O2S. The highest BCUT2D eigenvalue weighted by Crippen LogP contribution is 2.17. The summed E-state index contributed by atoms with van der Waals surface area (Å²) in [4.78, 5) is 13.1. The van der Waals surface area contributed by atoms with Crippen molar-refractivity contribution in [2.45, 2.75) is 23.8 Å². The first-order valence-electron chi connectivity index (χ1n) is 7.57. The summed E-state index contributed by atoms with van der Waals surface area (Å²) in [6.45, 7) is 0.571. The molecule has 24 heavy (non-hydrogen) atoms. The highest BCUT2D eigenvalue weighted by atomic mass is 32.2. The zero-order valence-corrected chi connectivity index (χ0v) is 14.1. The van der Waals surface area contributed by atoms with Crippen molar-refractivity contribution in [1.29, 1.82) is 0 Å². The van der Waals surface area contributed by atoms with E-state index in [1.165, 1.54) is 5.56 Å². The van der Waals surface area contributed by atoms with Crippen molar-refractivity contribution in [3.63, 3.8) is 0 Å². The first kappa shape index (κ1) is 16.5. The first-order valence-corrected chi connectivity index (χ1v) is 9.13. The predicted molar refractivity (Wildman–Crippen MR) is 93.8 cm³/mol. The fraction of sp³-hybridized carbons (Fsp3) is 0.312. The van der Waals surface area contributed by atoms with E-state index in [2.05, 4.69) is 32.4 Å². The topological polar surface area (TPSA) is 108 Å². The SMILES string of the molecule is C[S+]([O-])c1cnc(Nc2ccc(CC[C@H]3COC(N)=N3)cc2)nc1. The Morgan fingerprint density at radius 3 is 2.58 bits per heavy atom. The van der Waals surface area contributed by atoms with Crippen molar-refractivity contribution < 1.29 is 9.29 Å². The van der Waals surface area contributed by atoms with Crippen molar-refractivity contribution in [2.24, 2.45) is 10.7 Å². The monoisotopic (exact) mass is 345 g/mol. The van der Waals surface area contributed by atoms with Crippen LogP contribution < -0.4 is 11.1 Å². The third-order valence-electron chi connectivity index (χ3n) is 3.67. The zero-order chi connectivity index (χ0) is 16.9. The Hall–Kier alpha value is -2.32. The summed E-state index contributed by atoms with van der Waals surface area (Å²) in [6.07, 6.45) is 6.55. The molecule has 0 radical (unpaired) electrons. The molecule has 1 aromatic heterocycles. The molecule has 0 aliphatic carbocycles. The number of aromatic nitrogens is 2. The predicted octanol–water partition coefficient (Wildman–Crippen LogP) is 1.60. The van der Waals surface area contributed by atoms with Crippen LogP contribution in [0.25, 0.3) is 0 Å². The van der Waals surface area contributed by atoms with Crippen molar-refractivity contribution in [2.75, 3.05) is 18.2 Å². The van der Waals surface area contributed by atoms with Crippen LogP contribution in [-0.4, -0.2) is 39.4 Å². The Morgan fingerprint density at radius 2 is 2.00 bits per heavy atom. The van der Waals surface area contributed by atoms with Gasteiger partial charge in [0.25, 0.3) is 6.02 Å². The van der Waals surface area contributed by atoms with Crippen LogP contribution in [0.3, 0.4) is 0 Å². The van der Waals surface area contributed by atoms with Crippen LogP contribution in [0.15, 0.2) is 46.5 Å². The van der Waals surface area contributed by atoms with Crippen LogP contribution in [0.2, 0.25) is 0 Å². The van der Waals surface area contributed by atoms with Gasteiger partial charge >= 0.3 is 0 Å². The number of hydrogen-bond acceptors (Lipinski definition) is 7. The quantitative estimate of drug-likeness (QED) is 0.770. The molecule has 2 atom stereocenters. The number of hydrogen-bond donors (Lipinski definition) is 2. The van der Waals surface area contributed by atoms with E-state index in [4.69, 9.17) is 10.5 Å². The Kier molecular flexibility index (Phi) is 5.17. The molecule has 3 rings (SSSR count). The molecule has 0 bridgehead atoms. The third-order valence-corrected chi connectivity index (χ3v) is 4.54. The molecule has 1 aromatic carbocycles. The summed E-state index contributed by atoms with van der Waals surface area (Å²) < 4.78 is 16.5. The van der Waals surface area contributed by atoms with Crippen molar-refractivity contribution in [3.05, 3.63) is 42.2 Å². The third kappa shape index (κ3) is 4.36. The van der Waals surface area contributed by atoms with Gasteiger partial charge < -0.3 is 20.3 Å². The van der Waals surface area contributed by atoms with E-state index in [1.54, 1.807) is 18.6 Å². The number of amidine groups is 1. The average molecular weight is 345 g/mol. The Bertz CT molecular complexity index is 703. The highest BCUT2D eigenvalue weighted by Gasteiger charge is 2.16. The second kappa shape index (κ2) is 7.50. The summed E-state index contributed by atoms with van der Waals surface area (Å²) in [7, 11) is 0. The van der Waals surface area contributed by atoms with Gasteiger partial charge in [-0.3, -0.25) is 0 Å². The number of aryl methyl sites for hydroxylation is 1. The smallest absolute Gasteiger partial charge is 0.282 e. The van der Waals surface area contributed by atoms with Crippen LogP contribution in [-0.2, 0) is 22.3 Å². The molecule has 0 spiro atoms. The number of rotatable bonds is 6. The minimum atomic E-state index is -1.07. The first-order chi connectivity index (χ1) is 11.6. The lowest BCUT2D eigenvalue weighted by atomic mass is 10.1. The summed E-state index contributed by atoms with van der Waals surface area (Å²) in [6, 6.07) is 8.51. The van der Waals surface area contributed by atoms with Crippen molar-refractivity contribution in [3.8, 4) is 0 Å². The van der Waals surface area contributed by atoms with Gasteiger partial charge in [-0.25, -0.2) is 15.0 Å². The van der Waals surface area contributed by atoms with Gasteiger partial charge in [0.2, 0.25) is 5.95 Å². The second-order valence-electron chi connectivity index (χ2n) is 5.49. The number of nitrogens with zero attached hydrogens (tertiary/aromatic N) is 3. The maximum Gasteiger partial charge on any atom is 0.282 e. The lowest BCUT2D eigenvalue weighted by Crippen LogP contribution is -2.10. The Balaban J connectivity index is 1.54. The number of ether oxygens (including phenoxy) is 1. The van der Waals surface area contributed by atoms with Gasteiger partial charge in [-0.15, -0.1) is 0 Å². The maximum atomic E-state index is 11.3. The van der Waals surface area contributed by atoms with E-state index in [9.17, 15) is 4.55 Å². The molecule has 2 heterocycles. The Labute approximate surface area is 143 Å². The summed E-state index contributed by atoms with van der Waals surface area (Å²) in [5, 5.41) is 3.12. The highest BCUT2D eigenvalue weighted by molar-refractivity contribution is 7.90. The lowest BCUT2D eigenvalue weighted by Gasteiger charge is -2.08. The molecule has 0 saturated heterocycles. The van der Waals surface area contributed by atoms with Crippen LogP contribution in [0.5, 0.6) is 0 Å². The van der Waals surface area contributed by atoms with Gasteiger partial charge in [0.05, 0.1) is 18.4 Å². The molecule has 2 aromatic rings. The minimum absolute atomic E-state index is 0.152. The lowest BCUT2D eigenvalue weighted by molar-refractivity contribution is 0.308. The summed E-state index contributed by atoms with van der Waals surface area (Å²) in [5.74, 6) is 0.477. The molecule has 7 nitrogen and oxygen atoms in total. The van der Waals surface area contributed by atoms with E-state index < -0.39 is 11.2 Å². The summed E-state index contributed by atoms with van der Waals surface area (Å²) in [5.41, 5.74) is 7.62. The number of aliphatic imine (C=N–C) groups is 1. The molecule has 0 amide bonds. The molecule has 0 saturated carbocycles. The number of anilines is 2. The molecule has 126 valence electrons. The molecule has 0 fully saturated rings. The fourth-order valence-electron chi connectivity index (χ4n) is 2.33. The zero-order valence-electron chi connectivity index (χ0n) is 13.3. The molecule has 3 N–H and O–H groups in total. The number of nitrogens with two attached hydrogens (primary N) is 1. The van der Waals surface area contributed by atoms with Crippen molar-refractivity contribution >= 4 is 28.8 Å². The van der Waals surface area contributed by atoms with E-state index >= 15 is 0 Å². The average Bonchev–Trinajstić information content (AvgIpc) is 3.00. The van der Waals surface area contributed by atoms with Gasteiger partial charge in [0.1, 0.15) is 12.9 Å². The van der Waals surface area contributed by atoms with Gasteiger partial charge in [-0.05, 0) is 41.7 Å².